The van der Waals surface area contributed by atoms with E-state index in [2.05, 4.69) is 5.32 Å². The van der Waals surface area contributed by atoms with Crippen molar-refractivity contribution in [2.24, 2.45) is 0 Å². The number of carbonyl (C=O) groups excluding carboxylic acids is 2. The van der Waals surface area contributed by atoms with Gasteiger partial charge in [-0.05, 0) is 45.5 Å². The molecule has 2 rings (SSSR count). The van der Waals surface area contributed by atoms with E-state index in [1.165, 1.54) is 10.4 Å². The molecule has 1 heterocycles. The zero-order valence-electron chi connectivity index (χ0n) is 18.3. The van der Waals surface area contributed by atoms with Crippen molar-refractivity contribution in [2.45, 2.75) is 38.1 Å². The summed E-state index contributed by atoms with van der Waals surface area (Å²) in [5, 5.41) is 2.61. The number of likely N-dealkylation sites (N-methyl/N-ethyl adjacent to an activating group) is 1. The van der Waals surface area contributed by atoms with Crippen LogP contribution < -0.4 is 5.32 Å². The molecule has 1 aromatic rings. The minimum Gasteiger partial charge on any atom is -0.350 e. The lowest BCUT2D eigenvalue weighted by atomic mass is 10.1. The Balaban J connectivity index is 1.93. The third kappa shape index (κ3) is 7.13. The minimum absolute atomic E-state index is 0.0778. The first-order valence-corrected chi connectivity index (χ1v) is 11.9. The van der Waals surface area contributed by atoms with Gasteiger partial charge in [0.1, 0.15) is 5.82 Å². The molecule has 0 radical (unpaired) electrons. The van der Waals surface area contributed by atoms with E-state index in [4.69, 9.17) is 11.6 Å². The van der Waals surface area contributed by atoms with Gasteiger partial charge in [0, 0.05) is 31.7 Å². The maximum absolute atomic E-state index is 13.3. The number of sulfonamides is 1. The number of hydrogen-bond acceptors (Lipinski definition) is 5. The molecule has 174 valence electrons. The zero-order chi connectivity index (χ0) is 23.4. The lowest BCUT2D eigenvalue weighted by Gasteiger charge is -2.35. The van der Waals surface area contributed by atoms with Crippen molar-refractivity contribution in [3.05, 3.63) is 29.0 Å². The van der Waals surface area contributed by atoms with Crippen LogP contribution in [0, 0.1) is 5.82 Å². The van der Waals surface area contributed by atoms with Crippen molar-refractivity contribution >= 4 is 33.4 Å². The highest BCUT2D eigenvalue weighted by Crippen LogP contribution is 2.23. The number of piperazine rings is 1. The van der Waals surface area contributed by atoms with Crippen LogP contribution in [0.25, 0.3) is 0 Å². The number of benzene rings is 1. The summed E-state index contributed by atoms with van der Waals surface area (Å²) < 4.78 is 40.2. The fourth-order valence-electron chi connectivity index (χ4n) is 3.20. The second kappa shape index (κ2) is 10.2. The highest BCUT2D eigenvalue weighted by molar-refractivity contribution is 7.89. The predicted molar refractivity (Wildman–Crippen MR) is 117 cm³/mol. The standard InChI is InChI=1S/C20H30ClFN4O4S/c1-5-24(13-18(27)23-20(2,3)4)14-19(28)25-8-10-26(11-9-25)31(29,30)15-6-7-17(22)16(21)12-15/h6-7,12H,5,8-11,13-14H2,1-4H3,(H,23,27). The summed E-state index contributed by atoms with van der Waals surface area (Å²) in [5.41, 5.74) is -0.350. The van der Waals surface area contributed by atoms with E-state index < -0.39 is 15.8 Å². The predicted octanol–water partition coefficient (Wildman–Crippen LogP) is 1.55. The third-order valence-corrected chi connectivity index (χ3v) is 6.99. The second-order valence-electron chi connectivity index (χ2n) is 8.46. The lowest BCUT2D eigenvalue weighted by Crippen LogP contribution is -2.53. The van der Waals surface area contributed by atoms with Crippen LogP contribution in [0.4, 0.5) is 4.39 Å². The van der Waals surface area contributed by atoms with Gasteiger partial charge < -0.3 is 10.2 Å². The van der Waals surface area contributed by atoms with Crippen molar-refractivity contribution in [2.75, 3.05) is 45.8 Å². The molecule has 1 aliphatic heterocycles. The van der Waals surface area contributed by atoms with Crippen LogP contribution in [0.5, 0.6) is 0 Å². The highest BCUT2D eigenvalue weighted by atomic mass is 35.5. The number of amides is 2. The molecule has 1 saturated heterocycles. The first-order chi connectivity index (χ1) is 14.3. The van der Waals surface area contributed by atoms with Gasteiger partial charge in [-0.1, -0.05) is 18.5 Å². The molecule has 1 N–H and O–H groups in total. The molecule has 0 saturated carbocycles. The Labute approximate surface area is 188 Å². The molecular formula is C20H30ClFN4O4S. The highest BCUT2D eigenvalue weighted by Gasteiger charge is 2.31. The van der Waals surface area contributed by atoms with Crippen LogP contribution in [-0.2, 0) is 19.6 Å². The van der Waals surface area contributed by atoms with Gasteiger partial charge in [-0.3, -0.25) is 14.5 Å². The Bertz CT molecular complexity index is 912. The summed E-state index contributed by atoms with van der Waals surface area (Å²) in [6.45, 7) is 8.97. The number of carbonyl (C=O) groups is 2. The summed E-state index contributed by atoms with van der Waals surface area (Å²) >= 11 is 5.71. The summed E-state index contributed by atoms with van der Waals surface area (Å²) in [6, 6.07) is 3.28. The van der Waals surface area contributed by atoms with Crippen molar-refractivity contribution in [3.8, 4) is 0 Å². The Kier molecular flexibility index (Phi) is 8.43. The monoisotopic (exact) mass is 476 g/mol. The molecule has 0 unspecified atom stereocenters. The van der Waals surface area contributed by atoms with Crippen LogP contribution >= 0.6 is 11.6 Å². The molecule has 11 heteroatoms. The van der Waals surface area contributed by atoms with Crippen molar-refractivity contribution in [1.82, 2.24) is 19.4 Å². The quantitative estimate of drug-likeness (QED) is 0.645. The zero-order valence-corrected chi connectivity index (χ0v) is 19.9. The first-order valence-electron chi connectivity index (χ1n) is 10.1. The smallest absolute Gasteiger partial charge is 0.243 e. The van der Waals surface area contributed by atoms with E-state index in [0.29, 0.717) is 6.54 Å². The van der Waals surface area contributed by atoms with E-state index in [-0.39, 0.29) is 66.5 Å². The van der Waals surface area contributed by atoms with Gasteiger partial charge in [-0.15, -0.1) is 0 Å². The fraction of sp³-hybridized carbons (Fsp3) is 0.600. The van der Waals surface area contributed by atoms with Gasteiger partial charge in [-0.25, -0.2) is 12.8 Å². The molecule has 0 bridgehead atoms. The topological polar surface area (TPSA) is 90.0 Å². The van der Waals surface area contributed by atoms with Crippen molar-refractivity contribution in [1.29, 1.82) is 0 Å². The number of nitrogens with zero attached hydrogens (tertiary/aromatic N) is 3. The molecule has 1 aliphatic rings. The van der Waals surface area contributed by atoms with Gasteiger partial charge in [-0.2, -0.15) is 4.31 Å². The Morgan fingerprint density at radius 3 is 2.29 bits per heavy atom. The number of halogens is 2. The summed E-state index contributed by atoms with van der Waals surface area (Å²) in [5.74, 6) is -1.00. The van der Waals surface area contributed by atoms with E-state index in [1.807, 2.05) is 27.7 Å². The summed E-state index contributed by atoms with van der Waals surface area (Å²) in [7, 11) is -3.83. The fourth-order valence-corrected chi connectivity index (χ4v) is 4.89. The first kappa shape index (κ1) is 25.5. The van der Waals surface area contributed by atoms with E-state index in [0.717, 1.165) is 12.1 Å². The normalized spacial score (nSPS) is 15.9. The van der Waals surface area contributed by atoms with Crippen LogP contribution in [0.3, 0.4) is 0 Å². The number of hydrogen-bond donors (Lipinski definition) is 1. The van der Waals surface area contributed by atoms with Crippen molar-refractivity contribution in [3.63, 3.8) is 0 Å². The van der Waals surface area contributed by atoms with E-state index >= 15 is 0 Å². The largest absolute Gasteiger partial charge is 0.350 e. The Morgan fingerprint density at radius 2 is 1.77 bits per heavy atom. The SMILES string of the molecule is CCN(CC(=O)NC(C)(C)C)CC(=O)N1CCN(S(=O)(=O)c2ccc(F)c(Cl)c2)CC1. The van der Waals surface area contributed by atoms with Crippen LogP contribution in [0.15, 0.2) is 23.1 Å². The maximum atomic E-state index is 13.3. The average Bonchev–Trinajstić information content (AvgIpc) is 2.68. The molecule has 0 aliphatic carbocycles. The molecule has 2 amide bonds. The van der Waals surface area contributed by atoms with Crippen LogP contribution in [-0.4, -0.2) is 85.7 Å². The lowest BCUT2D eigenvalue weighted by molar-refractivity contribution is -0.134. The molecule has 1 fully saturated rings. The molecule has 31 heavy (non-hydrogen) atoms. The van der Waals surface area contributed by atoms with Crippen molar-refractivity contribution < 1.29 is 22.4 Å². The van der Waals surface area contributed by atoms with E-state index in [9.17, 15) is 22.4 Å². The van der Waals surface area contributed by atoms with Crippen LogP contribution in [0.1, 0.15) is 27.7 Å². The summed E-state index contributed by atoms with van der Waals surface area (Å²) in [6.07, 6.45) is 0. The molecule has 0 atom stereocenters. The Morgan fingerprint density at radius 1 is 1.16 bits per heavy atom. The molecule has 0 aromatic heterocycles. The average molecular weight is 477 g/mol. The summed E-state index contributed by atoms with van der Waals surface area (Å²) in [4.78, 5) is 28.1. The maximum Gasteiger partial charge on any atom is 0.243 e. The number of rotatable bonds is 7. The van der Waals surface area contributed by atoms with Crippen LogP contribution in [0.2, 0.25) is 5.02 Å². The van der Waals surface area contributed by atoms with Gasteiger partial charge >= 0.3 is 0 Å². The minimum atomic E-state index is -3.83. The Hall–Kier alpha value is -1.75. The molecule has 1 aromatic carbocycles. The molecular weight excluding hydrogens is 447 g/mol. The number of nitrogens with one attached hydrogen (secondary N) is 1. The van der Waals surface area contributed by atoms with Gasteiger partial charge in [0.15, 0.2) is 0 Å². The van der Waals surface area contributed by atoms with E-state index in [1.54, 1.807) is 9.80 Å². The third-order valence-electron chi connectivity index (χ3n) is 4.81. The molecule has 0 spiro atoms. The van der Waals surface area contributed by atoms with Gasteiger partial charge in [0.2, 0.25) is 21.8 Å². The van der Waals surface area contributed by atoms with Gasteiger partial charge in [0.05, 0.1) is 23.0 Å². The second-order valence-corrected chi connectivity index (χ2v) is 10.8. The van der Waals surface area contributed by atoms with Gasteiger partial charge in [0.25, 0.3) is 0 Å². The molecule has 8 nitrogen and oxygen atoms in total.